The quantitative estimate of drug-likeness (QED) is 0.430. The number of benzene rings is 2. The Bertz CT molecular complexity index is 569. The van der Waals surface area contributed by atoms with Crippen LogP contribution < -0.4 is 10.6 Å². The summed E-state index contributed by atoms with van der Waals surface area (Å²) in [4.78, 5) is 0. The van der Waals surface area contributed by atoms with E-state index < -0.39 is 14.5 Å². The van der Waals surface area contributed by atoms with Gasteiger partial charge in [0.2, 0.25) is 0 Å². The Balaban J connectivity index is 2.04. The Kier molecular flexibility index (Phi) is 7.16. The van der Waals surface area contributed by atoms with Gasteiger partial charge < -0.3 is 0 Å². The van der Waals surface area contributed by atoms with Crippen LogP contribution in [0.3, 0.4) is 0 Å². The van der Waals surface area contributed by atoms with Gasteiger partial charge in [-0.1, -0.05) is 111 Å². The van der Waals surface area contributed by atoms with E-state index in [1.807, 2.05) is 12.1 Å². The van der Waals surface area contributed by atoms with Crippen LogP contribution in [0.15, 0.2) is 60.7 Å². The maximum Gasteiger partial charge on any atom is 0.0270 e. The third-order valence-corrected chi connectivity index (χ3v) is 12.4. The number of rotatable bonds is 7. The molecule has 0 saturated heterocycles. The van der Waals surface area contributed by atoms with Crippen LogP contribution in [0.1, 0.15) is 40.5 Å². The first kappa shape index (κ1) is 20.2. The molecule has 24 heavy (non-hydrogen) atoms. The molecule has 0 radical (unpaired) electrons. The highest BCUT2D eigenvalue weighted by molar-refractivity contribution is 7.91. The van der Waals surface area contributed by atoms with Gasteiger partial charge in [-0.3, -0.25) is 0 Å². The van der Waals surface area contributed by atoms with Gasteiger partial charge in [0.1, 0.15) is 0 Å². The van der Waals surface area contributed by atoms with Crippen LogP contribution in [0, 0.1) is 0 Å². The van der Waals surface area contributed by atoms with Crippen LogP contribution in [-0.2, 0) is 0 Å². The number of hydrogen-bond acceptors (Lipinski definition) is 0. The molecule has 130 valence electrons. The average Bonchev–Trinajstić information content (AvgIpc) is 2.60. The van der Waals surface area contributed by atoms with Gasteiger partial charge in [-0.25, -0.2) is 0 Å². The first-order valence-corrected chi connectivity index (χ1v) is 12.8. The van der Waals surface area contributed by atoms with E-state index in [0.29, 0.717) is 0 Å². The molecular formula is C20H26Cl2P2. The molecule has 0 aliphatic carbocycles. The van der Waals surface area contributed by atoms with E-state index in [4.69, 9.17) is 22.5 Å². The van der Waals surface area contributed by atoms with Crippen molar-refractivity contribution in [2.75, 3.05) is 0 Å². The first-order chi connectivity index (χ1) is 11.2. The fourth-order valence-electron chi connectivity index (χ4n) is 2.62. The predicted molar refractivity (Wildman–Crippen MR) is 115 cm³/mol. The summed E-state index contributed by atoms with van der Waals surface area (Å²) in [6.07, 6.45) is 2.14. The van der Waals surface area contributed by atoms with Crippen LogP contribution in [0.25, 0.3) is 0 Å². The summed E-state index contributed by atoms with van der Waals surface area (Å²) in [7, 11) is -1.42. The van der Waals surface area contributed by atoms with Crippen molar-refractivity contribution in [1.29, 1.82) is 0 Å². The molecule has 0 heterocycles. The molecule has 0 spiro atoms. The zero-order valence-electron chi connectivity index (χ0n) is 14.8. The molecule has 2 unspecified atom stereocenters. The maximum absolute atomic E-state index is 6.86. The minimum atomic E-state index is -0.709. The SMILES string of the molecule is CC(C)(CCC(C)(C)P(Cl)c1ccccc1)P(Cl)c1ccccc1. The van der Waals surface area contributed by atoms with E-state index >= 15 is 0 Å². The second-order valence-corrected chi connectivity index (χ2v) is 14.0. The molecule has 2 aromatic carbocycles. The summed E-state index contributed by atoms with van der Waals surface area (Å²) in [6, 6.07) is 20.9. The van der Waals surface area contributed by atoms with Crippen LogP contribution in [0.2, 0.25) is 0 Å². The van der Waals surface area contributed by atoms with Crippen LogP contribution in [0.4, 0.5) is 0 Å². The van der Waals surface area contributed by atoms with Crippen molar-refractivity contribution in [3.8, 4) is 0 Å². The van der Waals surface area contributed by atoms with E-state index in [-0.39, 0.29) is 10.3 Å². The summed E-state index contributed by atoms with van der Waals surface area (Å²) in [5.74, 6) is 0. The van der Waals surface area contributed by atoms with Gasteiger partial charge in [0.25, 0.3) is 0 Å². The zero-order valence-corrected chi connectivity index (χ0v) is 18.1. The lowest BCUT2D eigenvalue weighted by atomic mass is 9.99. The predicted octanol–water partition coefficient (Wildman–Crippen LogP) is 7.25. The number of hydrogen-bond donors (Lipinski definition) is 0. The topological polar surface area (TPSA) is 0 Å². The van der Waals surface area contributed by atoms with Crippen molar-refractivity contribution in [2.45, 2.75) is 50.8 Å². The van der Waals surface area contributed by atoms with Gasteiger partial charge in [0, 0.05) is 24.9 Å². The van der Waals surface area contributed by atoms with Crippen molar-refractivity contribution in [3.63, 3.8) is 0 Å². The molecule has 0 aromatic heterocycles. The van der Waals surface area contributed by atoms with E-state index in [1.54, 1.807) is 0 Å². The van der Waals surface area contributed by atoms with Crippen molar-refractivity contribution >= 4 is 47.6 Å². The van der Waals surface area contributed by atoms with Crippen LogP contribution >= 0.6 is 37.0 Å². The minimum Gasteiger partial charge on any atom is -0.0906 e. The molecule has 2 atom stereocenters. The average molecular weight is 399 g/mol. The van der Waals surface area contributed by atoms with Gasteiger partial charge in [0.05, 0.1) is 0 Å². The second-order valence-electron chi connectivity index (χ2n) is 7.36. The fraction of sp³-hybridized carbons (Fsp3) is 0.400. The van der Waals surface area contributed by atoms with E-state index in [2.05, 4.69) is 76.2 Å². The highest BCUT2D eigenvalue weighted by atomic mass is 35.7. The molecular weight excluding hydrogens is 373 g/mol. The number of halogens is 2. The molecule has 0 bridgehead atoms. The van der Waals surface area contributed by atoms with Crippen molar-refractivity contribution in [2.24, 2.45) is 0 Å². The van der Waals surface area contributed by atoms with Crippen molar-refractivity contribution in [1.82, 2.24) is 0 Å². The van der Waals surface area contributed by atoms with Crippen LogP contribution in [0.5, 0.6) is 0 Å². The minimum absolute atomic E-state index is 0.0826. The van der Waals surface area contributed by atoms with E-state index in [1.165, 1.54) is 10.6 Å². The summed E-state index contributed by atoms with van der Waals surface area (Å²) in [5.41, 5.74) is 0. The lowest BCUT2D eigenvalue weighted by Crippen LogP contribution is -2.27. The summed E-state index contributed by atoms with van der Waals surface area (Å²) < 4.78 is 0. The molecule has 0 amide bonds. The smallest absolute Gasteiger partial charge is 0.0270 e. The van der Waals surface area contributed by atoms with Gasteiger partial charge in [-0.05, 0) is 23.5 Å². The monoisotopic (exact) mass is 398 g/mol. The molecule has 2 rings (SSSR count). The zero-order chi connectivity index (χ0) is 17.8. The highest BCUT2D eigenvalue weighted by Crippen LogP contribution is 2.59. The maximum atomic E-state index is 6.86. The Labute approximate surface area is 159 Å². The molecule has 0 N–H and O–H groups in total. The Morgan fingerprint density at radius 3 is 1.21 bits per heavy atom. The van der Waals surface area contributed by atoms with Crippen LogP contribution in [-0.4, -0.2) is 10.3 Å². The molecule has 4 heteroatoms. The molecule has 0 aliphatic rings. The van der Waals surface area contributed by atoms with Gasteiger partial charge in [0.15, 0.2) is 0 Å². The van der Waals surface area contributed by atoms with E-state index in [9.17, 15) is 0 Å². The standard InChI is InChI=1S/C20H26Cl2P2/c1-19(2,23(21)17-11-7-5-8-12-17)15-16-20(3,4)24(22)18-13-9-6-10-14-18/h5-14H,15-16H2,1-4H3. The summed E-state index contributed by atoms with van der Waals surface area (Å²) in [5, 5.41) is 2.68. The third kappa shape index (κ3) is 5.19. The molecule has 0 aliphatic heterocycles. The second kappa shape index (κ2) is 8.51. The first-order valence-electron chi connectivity index (χ1n) is 8.26. The Morgan fingerprint density at radius 2 is 0.917 bits per heavy atom. The molecule has 0 saturated carbocycles. The molecule has 0 fully saturated rings. The molecule has 0 nitrogen and oxygen atoms in total. The largest absolute Gasteiger partial charge is 0.0906 e. The fourth-order valence-corrected chi connectivity index (χ4v) is 6.69. The molecule has 2 aromatic rings. The highest BCUT2D eigenvalue weighted by Gasteiger charge is 2.35. The van der Waals surface area contributed by atoms with Gasteiger partial charge >= 0.3 is 0 Å². The van der Waals surface area contributed by atoms with Crippen molar-refractivity contribution < 1.29 is 0 Å². The Morgan fingerprint density at radius 1 is 0.625 bits per heavy atom. The van der Waals surface area contributed by atoms with Gasteiger partial charge in [-0.15, -0.1) is 0 Å². The normalized spacial score (nSPS) is 15.1. The van der Waals surface area contributed by atoms with E-state index in [0.717, 1.165) is 12.8 Å². The third-order valence-electron chi connectivity index (χ3n) is 4.38. The Hall–Kier alpha value is -0.120. The lowest BCUT2D eigenvalue weighted by Gasteiger charge is -2.36. The summed E-state index contributed by atoms with van der Waals surface area (Å²) >= 11 is 13.7. The van der Waals surface area contributed by atoms with Gasteiger partial charge in [-0.2, -0.15) is 0 Å². The summed E-state index contributed by atoms with van der Waals surface area (Å²) in [6.45, 7) is 9.14. The lowest BCUT2D eigenvalue weighted by molar-refractivity contribution is 0.527. The van der Waals surface area contributed by atoms with Crippen molar-refractivity contribution in [3.05, 3.63) is 60.7 Å².